The summed E-state index contributed by atoms with van der Waals surface area (Å²) >= 11 is 0. The van der Waals surface area contributed by atoms with Gasteiger partial charge in [-0.25, -0.2) is 19.2 Å². The van der Waals surface area contributed by atoms with Gasteiger partial charge in [0.25, 0.3) is 0 Å². The molecule has 37 heavy (non-hydrogen) atoms. The van der Waals surface area contributed by atoms with Gasteiger partial charge >= 0.3 is 6.09 Å². The highest BCUT2D eigenvalue weighted by molar-refractivity contribution is 5.87. The maximum Gasteiger partial charge on any atom is 0.411 e. The number of ether oxygens (including phenoxy) is 1. The zero-order valence-electron chi connectivity index (χ0n) is 22.8. The van der Waals surface area contributed by atoms with E-state index >= 15 is 0 Å². The van der Waals surface area contributed by atoms with E-state index in [0.29, 0.717) is 30.3 Å². The molecule has 0 radical (unpaired) electrons. The fraction of sp³-hybridized carbons (Fsp3) is 0.586. The third kappa shape index (κ3) is 6.28. The molecule has 1 N–H and O–H groups in total. The van der Waals surface area contributed by atoms with E-state index in [1.54, 1.807) is 39.1 Å². The van der Waals surface area contributed by atoms with Crippen molar-refractivity contribution in [3.05, 3.63) is 59.4 Å². The maximum absolute atomic E-state index is 14.4. The Balaban J connectivity index is 1.78. The summed E-state index contributed by atoms with van der Waals surface area (Å²) in [4.78, 5) is 38.0. The molecule has 1 aliphatic carbocycles. The van der Waals surface area contributed by atoms with Crippen LogP contribution in [0.2, 0.25) is 0 Å². The van der Waals surface area contributed by atoms with Crippen LogP contribution in [0.1, 0.15) is 96.3 Å². The van der Waals surface area contributed by atoms with Gasteiger partial charge in [0.05, 0.1) is 6.04 Å². The highest BCUT2D eigenvalue weighted by atomic mass is 19.1. The molecule has 2 heterocycles. The summed E-state index contributed by atoms with van der Waals surface area (Å²) in [5.41, 5.74) is 0.272. The van der Waals surface area contributed by atoms with Gasteiger partial charge in [-0.15, -0.1) is 0 Å². The Morgan fingerprint density at radius 3 is 2.46 bits per heavy atom. The Morgan fingerprint density at radius 2 is 1.86 bits per heavy atom. The molecule has 1 aliphatic heterocycles. The van der Waals surface area contributed by atoms with Gasteiger partial charge in [-0.3, -0.25) is 9.69 Å². The Hall–Kier alpha value is -3.03. The monoisotopic (exact) mass is 510 g/mol. The number of hydrogen-bond acceptors (Lipinski definition) is 5. The van der Waals surface area contributed by atoms with Crippen molar-refractivity contribution in [1.29, 1.82) is 0 Å². The van der Waals surface area contributed by atoms with E-state index in [4.69, 9.17) is 9.72 Å². The summed E-state index contributed by atoms with van der Waals surface area (Å²) in [5.74, 6) is 0.178. The molecule has 1 saturated heterocycles. The maximum atomic E-state index is 14.4. The minimum absolute atomic E-state index is 0.216. The van der Waals surface area contributed by atoms with Gasteiger partial charge in [-0.05, 0) is 69.7 Å². The van der Waals surface area contributed by atoms with E-state index < -0.39 is 29.6 Å². The third-order valence-electron chi connectivity index (χ3n) is 7.11. The minimum atomic E-state index is -0.777. The lowest BCUT2D eigenvalue weighted by Gasteiger charge is -2.34. The average Bonchev–Trinajstić information content (AvgIpc) is 3.17. The highest BCUT2D eigenvalue weighted by Crippen LogP contribution is 2.47. The number of amides is 2. The van der Waals surface area contributed by atoms with Crippen LogP contribution in [0.5, 0.6) is 0 Å². The smallest absolute Gasteiger partial charge is 0.411 e. The number of carbonyl (C=O) groups excluding carboxylic acids is 2. The Kier molecular flexibility index (Phi) is 7.58. The summed E-state index contributed by atoms with van der Waals surface area (Å²) in [6, 6.07) is 6.63. The Labute approximate surface area is 219 Å². The number of halogens is 1. The quantitative estimate of drug-likeness (QED) is 0.561. The first-order chi connectivity index (χ1) is 17.3. The van der Waals surface area contributed by atoms with Crippen LogP contribution in [0.25, 0.3) is 0 Å². The van der Waals surface area contributed by atoms with E-state index in [9.17, 15) is 14.0 Å². The second-order valence-electron chi connectivity index (χ2n) is 12.3. The van der Waals surface area contributed by atoms with E-state index in [1.165, 1.54) is 23.5 Å². The second kappa shape index (κ2) is 10.4. The first kappa shape index (κ1) is 27.0. The molecule has 0 unspecified atom stereocenters. The zero-order chi connectivity index (χ0) is 27.0. The normalized spacial score (nSPS) is 22.5. The molecule has 2 aromatic rings. The van der Waals surface area contributed by atoms with Gasteiger partial charge in [0.15, 0.2) is 0 Å². The summed E-state index contributed by atoms with van der Waals surface area (Å²) in [6.45, 7) is 12.1. The molecular weight excluding hydrogens is 471 g/mol. The van der Waals surface area contributed by atoms with Crippen LogP contribution >= 0.6 is 0 Å². The molecule has 3 atom stereocenters. The third-order valence-corrected chi connectivity index (χ3v) is 7.11. The van der Waals surface area contributed by atoms with Gasteiger partial charge < -0.3 is 10.1 Å². The minimum Gasteiger partial charge on any atom is -0.444 e. The van der Waals surface area contributed by atoms with E-state index in [0.717, 1.165) is 18.5 Å². The topological polar surface area (TPSA) is 84.4 Å². The molecule has 2 amide bonds. The molecule has 0 spiro atoms. The van der Waals surface area contributed by atoms with Gasteiger partial charge in [0, 0.05) is 29.8 Å². The van der Waals surface area contributed by atoms with Crippen LogP contribution < -0.4 is 5.32 Å². The first-order valence-electron chi connectivity index (χ1n) is 13.2. The lowest BCUT2D eigenvalue weighted by Crippen LogP contribution is -2.49. The lowest BCUT2D eigenvalue weighted by molar-refractivity contribution is -0.126. The number of likely N-dealkylation sites (tertiary alicyclic amines) is 1. The molecule has 7 nitrogen and oxygen atoms in total. The van der Waals surface area contributed by atoms with Crippen molar-refractivity contribution < 1.29 is 18.7 Å². The number of nitrogens with zero attached hydrogens (tertiary/aromatic N) is 3. The molecule has 1 aromatic carbocycles. The molecular formula is C29H39FN4O3. The first-order valence-corrected chi connectivity index (χ1v) is 13.2. The number of aromatic nitrogens is 2. The summed E-state index contributed by atoms with van der Waals surface area (Å²) < 4.78 is 20.2. The fourth-order valence-electron chi connectivity index (χ4n) is 5.03. The van der Waals surface area contributed by atoms with Crippen LogP contribution in [0.3, 0.4) is 0 Å². The van der Waals surface area contributed by atoms with Crippen LogP contribution in [0.15, 0.2) is 36.5 Å². The van der Waals surface area contributed by atoms with Gasteiger partial charge in [0.2, 0.25) is 5.91 Å². The number of rotatable bonds is 5. The zero-order valence-corrected chi connectivity index (χ0v) is 22.8. The highest BCUT2D eigenvalue weighted by Gasteiger charge is 2.50. The van der Waals surface area contributed by atoms with Crippen LogP contribution in [-0.2, 0) is 14.9 Å². The van der Waals surface area contributed by atoms with Gasteiger partial charge in [-0.2, -0.15) is 0 Å². The molecule has 2 fully saturated rings. The van der Waals surface area contributed by atoms with Gasteiger partial charge in [0.1, 0.15) is 23.3 Å². The van der Waals surface area contributed by atoms with Gasteiger partial charge in [-0.1, -0.05) is 39.3 Å². The number of carbonyl (C=O) groups is 2. The van der Waals surface area contributed by atoms with Crippen molar-refractivity contribution in [2.24, 2.45) is 5.92 Å². The summed E-state index contributed by atoms with van der Waals surface area (Å²) in [6.07, 6.45) is 4.85. The van der Waals surface area contributed by atoms with E-state index in [1.807, 2.05) is 26.8 Å². The van der Waals surface area contributed by atoms with E-state index in [2.05, 4.69) is 10.3 Å². The van der Waals surface area contributed by atoms with Crippen molar-refractivity contribution in [3.63, 3.8) is 0 Å². The summed E-state index contributed by atoms with van der Waals surface area (Å²) in [5, 5.41) is 3.07. The van der Waals surface area contributed by atoms with E-state index in [-0.39, 0.29) is 17.2 Å². The Morgan fingerprint density at radius 1 is 1.14 bits per heavy atom. The van der Waals surface area contributed by atoms with Crippen molar-refractivity contribution in [3.8, 4) is 0 Å². The molecule has 4 rings (SSSR count). The SMILES string of the molecule is CC(C)(C)OC(=O)N1[C@H](C(=O)NCC2CCC2)C[C@H](c2ccnc(C(C)(C)C)n2)[C@@H]1c1cccc(F)c1. The van der Waals surface area contributed by atoms with Crippen LogP contribution in [-0.4, -0.2) is 45.1 Å². The predicted octanol–water partition coefficient (Wildman–Crippen LogP) is 5.66. The van der Waals surface area contributed by atoms with Crippen molar-refractivity contribution in [1.82, 2.24) is 20.2 Å². The number of nitrogens with one attached hydrogen (secondary N) is 1. The largest absolute Gasteiger partial charge is 0.444 e. The summed E-state index contributed by atoms with van der Waals surface area (Å²) in [7, 11) is 0. The van der Waals surface area contributed by atoms with Crippen molar-refractivity contribution >= 4 is 12.0 Å². The van der Waals surface area contributed by atoms with Crippen LogP contribution in [0.4, 0.5) is 9.18 Å². The molecule has 200 valence electrons. The fourth-order valence-corrected chi connectivity index (χ4v) is 5.03. The van der Waals surface area contributed by atoms with Crippen LogP contribution in [0, 0.1) is 11.7 Å². The molecule has 8 heteroatoms. The van der Waals surface area contributed by atoms with Crippen molar-refractivity contribution in [2.45, 2.75) is 96.2 Å². The molecule has 2 aliphatic rings. The molecule has 1 aromatic heterocycles. The number of hydrogen-bond donors (Lipinski definition) is 1. The predicted molar refractivity (Wildman–Crippen MR) is 139 cm³/mol. The second-order valence-corrected chi connectivity index (χ2v) is 12.3. The standard InChI is InChI=1S/C29H39FN4O3/c1-28(2,3)26-31-14-13-22(33-26)21-16-23(25(35)32-17-18-9-7-10-18)34(27(36)37-29(4,5)6)24(21)19-11-8-12-20(30)15-19/h8,11-15,18,21,23-24H,7,9-10,16-17H2,1-6H3,(H,32,35)/t21-,23+,24+/m1/s1. The number of benzene rings is 1. The lowest BCUT2D eigenvalue weighted by atomic mass is 9.85. The molecule has 0 bridgehead atoms. The molecule has 1 saturated carbocycles. The van der Waals surface area contributed by atoms with Crippen molar-refractivity contribution in [2.75, 3.05) is 6.54 Å². The average molecular weight is 511 g/mol. The Bertz CT molecular complexity index is 1140.